The van der Waals surface area contributed by atoms with Crippen molar-refractivity contribution < 1.29 is 9.59 Å². The topological polar surface area (TPSA) is 105 Å². The first kappa shape index (κ1) is 14.8. The van der Waals surface area contributed by atoms with E-state index in [0.29, 0.717) is 10.9 Å². The number of nitrogens with two attached hydrogens (primary N) is 1. The van der Waals surface area contributed by atoms with Gasteiger partial charge in [-0.05, 0) is 18.1 Å². The second-order valence-electron chi connectivity index (χ2n) is 5.17. The average Bonchev–Trinajstić information content (AvgIpc) is 2.44. The summed E-state index contributed by atoms with van der Waals surface area (Å²) in [5, 5.41) is 2.93. The van der Waals surface area contributed by atoms with E-state index in [1.165, 1.54) is 6.20 Å². The van der Waals surface area contributed by atoms with E-state index < -0.39 is 17.9 Å². The first-order chi connectivity index (χ1) is 9.91. The van der Waals surface area contributed by atoms with Crippen molar-refractivity contribution in [3.8, 4) is 0 Å². The molecule has 4 N–H and O–H groups in total. The normalized spacial score (nSPS) is 12.3. The van der Waals surface area contributed by atoms with Crippen LogP contribution < -0.4 is 16.5 Å². The van der Waals surface area contributed by atoms with Crippen LogP contribution in [0.1, 0.15) is 24.2 Å². The molecule has 0 aliphatic heterocycles. The third-order valence-corrected chi connectivity index (χ3v) is 3.29. The largest absolute Gasteiger partial charge is 0.368 e. The van der Waals surface area contributed by atoms with Gasteiger partial charge in [-0.1, -0.05) is 26.0 Å². The number of amides is 2. The number of hydrogen-bond acceptors (Lipinski definition) is 3. The van der Waals surface area contributed by atoms with Crippen LogP contribution in [0.5, 0.6) is 0 Å². The van der Waals surface area contributed by atoms with Gasteiger partial charge in [0, 0.05) is 17.1 Å². The number of primary amides is 1. The SMILES string of the molecule is CC(C)[C@H](NC(=O)c1c[nH]c2ccccc2c1=O)C(N)=O. The van der Waals surface area contributed by atoms with Gasteiger partial charge < -0.3 is 16.0 Å². The molecule has 0 saturated carbocycles. The summed E-state index contributed by atoms with van der Waals surface area (Å²) in [4.78, 5) is 38.7. The maximum atomic E-state index is 12.3. The summed E-state index contributed by atoms with van der Waals surface area (Å²) in [5.74, 6) is -1.40. The third kappa shape index (κ3) is 2.94. The number of hydrogen-bond donors (Lipinski definition) is 3. The summed E-state index contributed by atoms with van der Waals surface area (Å²) >= 11 is 0. The molecule has 0 bridgehead atoms. The van der Waals surface area contributed by atoms with E-state index in [1.54, 1.807) is 38.1 Å². The predicted octanol–water partition coefficient (Wildman–Crippen LogP) is 0.768. The molecule has 1 heterocycles. The van der Waals surface area contributed by atoms with E-state index in [9.17, 15) is 14.4 Å². The van der Waals surface area contributed by atoms with Gasteiger partial charge in [0.05, 0.1) is 0 Å². The molecular weight excluding hydrogens is 270 g/mol. The molecule has 1 aromatic heterocycles. The fraction of sp³-hybridized carbons (Fsp3) is 0.267. The first-order valence-corrected chi connectivity index (χ1v) is 6.62. The molecular formula is C15H17N3O3. The van der Waals surface area contributed by atoms with Crippen molar-refractivity contribution in [1.29, 1.82) is 0 Å². The highest BCUT2D eigenvalue weighted by atomic mass is 16.2. The van der Waals surface area contributed by atoms with Crippen molar-refractivity contribution in [2.45, 2.75) is 19.9 Å². The summed E-state index contributed by atoms with van der Waals surface area (Å²) in [6, 6.07) is 6.08. The lowest BCUT2D eigenvalue weighted by molar-refractivity contribution is -0.120. The van der Waals surface area contributed by atoms with Gasteiger partial charge in [0.2, 0.25) is 11.3 Å². The van der Waals surface area contributed by atoms with Crippen molar-refractivity contribution in [2.75, 3.05) is 0 Å². The zero-order chi connectivity index (χ0) is 15.6. The maximum absolute atomic E-state index is 12.3. The highest BCUT2D eigenvalue weighted by molar-refractivity contribution is 5.99. The van der Waals surface area contributed by atoms with Crippen molar-refractivity contribution in [1.82, 2.24) is 10.3 Å². The molecule has 0 aliphatic carbocycles. The molecule has 0 aliphatic rings. The maximum Gasteiger partial charge on any atom is 0.257 e. The minimum Gasteiger partial charge on any atom is -0.368 e. The number of aromatic amines is 1. The fourth-order valence-electron chi connectivity index (χ4n) is 2.12. The number of H-pyrrole nitrogens is 1. The lowest BCUT2D eigenvalue weighted by atomic mass is 10.0. The molecule has 2 aromatic rings. The monoisotopic (exact) mass is 287 g/mol. The number of benzene rings is 1. The summed E-state index contributed by atoms with van der Waals surface area (Å²) in [5.41, 5.74) is 5.48. The van der Waals surface area contributed by atoms with E-state index in [2.05, 4.69) is 10.3 Å². The number of pyridine rings is 1. The Kier molecular flexibility index (Phi) is 4.07. The smallest absolute Gasteiger partial charge is 0.257 e. The second-order valence-corrected chi connectivity index (χ2v) is 5.17. The van der Waals surface area contributed by atoms with E-state index in [4.69, 9.17) is 5.73 Å². The molecule has 0 saturated heterocycles. The van der Waals surface area contributed by atoms with Crippen LogP contribution in [0.25, 0.3) is 10.9 Å². The number of rotatable bonds is 4. The zero-order valence-electron chi connectivity index (χ0n) is 11.8. The van der Waals surface area contributed by atoms with Crippen LogP contribution in [0.4, 0.5) is 0 Å². The highest BCUT2D eigenvalue weighted by Crippen LogP contribution is 2.08. The molecule has 1 atom stereocenters. The second kappa shape index (κ2) is 5.78. The van der Waals surface area contributed by atoms with Crippen LogP contribution in [-0.2, 0) is 4.79 Å². The van der Waals surface area contributed by atoms with Crippen LogP contribution in [0.2, 0.25) is 0 Å². The Hall–Kier alpha value is -2.63. The summed E-state index contributed by atoms with van der Waals surface area (Å²) in [6.45, 7) is 3.53. The molecule has 0 spiro atoms. The molecule has 2 amide bonds. The highest BCUT2D eigenvalue weighted by Gasteiger charge is 2.23. The van der Waals surface area contributed by atoms with Crippen LogP contribution in [0.15, 0.2) is 35.3 Å². The van der Waals surface area contributed by atoms with E-state index >= 15 is 0 Å². The summed E-state index contributed by atoms with van der Waals surface area (Å²) < 4.78 is 0. The van der Waals surface area contributed by atoms with Crippen molar-refractivity contribution in [2.24, 2.45) is 11.7 Å². The average molecular weight is 287 g/mol. The van der Waals surface area contributed by atoms with E-state index in [0.717, 1.165) is 0 Å². The Morgan fingerprint density at radius 2 is 1.90 bits per heavy atom. The van der Waals surface area contributed by atoms with Gasteiger partial charge >= 0.3 is 0 Å². The van der Waals surface area contributed by atoms with Crippen LogP contribution in [-0.4, -0.2) is 22.8 Å². The first-order valence-electron chi connectivity index (χ1n) is 6.62. The fourth-order valence-corrected chi connectivity index (χ4v) is 2.12. The van der Waals surface area contributed by atoms with E-state index in [-0.39, 0.29) is 16.9 Å². The number of carbonyl (C=O) groups is 2. The van der Waals surface area contributed by atoms with Gasteiger partial charge in [-0.3, -0.25) is 14.4 Å². The van der Waals surface area contributed by atoms with Crippen LogP contribution >= 0.6 is 0 Å². The quantitative estimate of drug-likeness (QED) is 0.773. The van der Waals surface area contributed by atoms with E-state index in [1.807, 2.05) is 0 Å². The molecule has 0 radical (unpaired) electrons. The van der Waals surface area contributed by atoms with Crippen LogP contribution in [0.3, 0.4) is 0 Å². The predicted molar refractivity (Wildman–Crippen MR) is 79.9 cm³/mol. The number of para-hydroxylation sites is 1. The minimum atomic E-state index is -0.816. The molecule has 2 rings (SSSR count). The standard InChI is InChI=1S/C15H17N3O3/c1-8(2)12(14(16)20)18-15(21)10-7-17-11-6-4-3-5-9(11)13(10)19/h3-8,12H,1-2H3,(H2,16,20)(H,17,19)(H,18,21)/t12-/m0/s1. The van der Waals surface area contributed by atoms with Gasteiger partial charge in [-0.15, -0.1) is 0 Å². The molecule has 6 nitrogen and oxygen atoms in total. The lowest BCUT2D eigenvalue weighted by Crippen LogP contribution is -2.48. The van der Waals surface area contributed by atoms with Gasteiger partial charge in [-0.2, -0.15) is 0 Å². The number of fused-ring (bicyclic) bond motifs is 1. The van der Waals surface area contributed by atoms with Crippen molar-refractivity contribution >= 4 is 22.7 Å². The number of nitrogens with one attached hydrogen (secondary N) is 2. The molecule has 0 unspecified atom stereocenters. The summed E-state index contributed by atoms with van der Waals surface area (Å²) in [6.07, 6.45) is 1.35. The van der Waals surface area contributed by atoms with Crippen molar-refractivity contribution in [3.63, 3.8) is 0 Å². The van der Waals surface area contributed by atoms with Crippen LogP contribution in [0, 0.1) is 5.92 Å². The minimum absolute atomic E-state index is 0.0411. The Morgan fingerprint density at radius 3 is 2.52 bits per heavy atom. The third-order valence-electron chi connectivity index (χ3n) is 3.29. The molecule has 6 heteroatoms. The van der Waals surface area contributed by atoms with Gasteiger partial charge in [0.1, 0.15) is 11.6 Å². The number of aromatic nitrogens is 1. The molecule has 0 fully saturated rings. The summed E-state index contributed by atoms with van der Waals surface area (Å²) in [7, 11) is 0. The Morgan fingerprint density at radius 1 is 1.24 bits per heavy atom. The molecule has 1 aromatic carbocycles. The Bertz CT molecular complexity index is 749. The molecule has 21 heavy (non-hydrogen) atoms. The van der Waals surface area contributed by atoms with Gasteiger partial charge in [0.15, 0.2) is 0 Å². The van der Waals surface area contributed by atoms with Crippen molar-refractivity contribution in [3.05, 3.63) is 46.2 Å². The molecule has 110 valence electrons. The zero-order valence-corrected chi connectivity index (χ0v) is 11.8. The van der Waals surface area contributed by atoms with Gasteiger partial charge in [-0.25, -0.2) is 0 Å². The van der Waals surface area contributed by atoms with Gasteiger partial charge in [0.25, 0.3) is 5.91 Å². The Balaban J connectivity index is 2.38. The Labute approximate surface area is 121 Å². The number of carbonyl (C=O) groups excluding carboxylic acids is 2. The lowest BCUT2D eigenvalue weighted by Gasteiger charge is -2.18.